The van der Waals surface area contributed by atoms with E-state index in [0.29, 0.717) is 6.33 Å². The molecule has 3 heteroatoms. The average molecular weight is 171 g/mol. The number of hydrogen-bond acceptors (Lipinski definition) is 2. The fourth-order valence-electron chi connectivity index (χ4n) is 2.47. The Kier molecular flexibility index (Phi) is 1.93. The Labute approximate surface area is 71.7 Å². The highest BCUT2D eigenvalue weighted by molar-refractivity contribution is 5.18. The molecule has 1 atom stereocenters. The van der Waals surface area contributed by atoms with Crippen LogP contribution in [0.3, 0.4) is 0 Å². The number of nitrogens with zero attached hydrogens (tertiary/aromatic N) is 1. The van der Waals surface area contributed by atoms with Crippen LogP contribution in [0.15, 0.2) is 11.9 Å². The molecular formula is C9H14FNO. The molecular weight excluding hydrogens is 157 g/mol. The molecule has 2 nitrogen and oxygen atoms in total. The van der Waals surface area contributed by atoms with E-state index in [-0.39, 0.29) is 12.1 Å². The third kappa shape index (κ3) is 1.00. The molecule has 0 spiro atoms. The van der Waals surface area contributed by atoms with Gasteiger partial charge in [0, 0.05) is 12.1 Å². The number of aliphatic hydroxyl groups excluding tert-OH is 1. The van der Waals surface area contributed by atoms with E-state index in [1.807, 2.05) is 0 Å². The van der Waals surface area contributed by atoms with Gasteiger partial charge in [-0.2, -0.15) is 0 Å². The van der Waals surface area contributed by atoms with Gasteiger partial charge in [-0.1, -0.05) is 0 Å². The lowest BCUT2D eigenvalue weighted by Gasteiger charge is -2.28. The maximum absolute atomic E-state index is 12.2. The summed E-state index contributed by atoms with van der Waals surface area (Å²) in [7, 11) is 0. The highest BCUT2D eigenvalue weighted by atomic mass is 19.1. The molecule has 0 radical (unpaired) electrons. The molecule has 2 fully saturated rings. The number of hydrogen-bond donors (Lipinski definition) is 1. The normalized spacial score (nSPS) is 39.3. The lowest BCUT2D eigenvalue weighted by molar-refractivity contribution is 0.1000. The second kappa shape index (κ2) is 2.82. The van der Waals surface area contributed by atoms with E-state index in [1.165, 1.54) is 0 Å². The van der Waals surface area contributed by atoms with Crippen molar-refractivity contribution in [2.75, 3.05) is 19.7 Å². The highest BCUT2D eigenvalue weighted by Crippen LogP contribution is 2.40. The first kappa shape index (κ1) is 8.20. The second-order valence-electron chi connectivity index (χ2n) is 3.85. The molecule has 68 valence electrons. The first-order valence-corrected chi connectivity index (χ1v) is 4.45. The van der Waals surface area contributed by atoms with Crippen LogP contribution in [-0.4, -0.2) is 35.2 Å². The molecule has 2 aliphatic heterocycles. The van der Waals surface area contributed by atoms with Crippen molar-refractivity contribution in [1.82, 2.24) is 4.90 Å². The Morgan fingerprint density at radius 1 is 1.67 bits per heavy atom. The Morgan fingerprint density at radius 3 is 3.08 bits per heavy atom. The molecule has 0 aliphatic carbocycles. The van der Waals surface area contributed by atoms with Crippen LogP contribution < -0.4 is 0 Å². The van der Waals surface area contributed by atoms with Crippen LogP contribution in [0.5, 0.6) is 0 Å². The Hall–Kier alpha value is -0.410. The van der Waals surface area contributed by atoms with Crippen LogP contribution in [0, 0.1) is 0 Å². The zero-order valence-corrected chi connectivity index (χ0v) is 7.09. The van der Waals surface area contributed by atoms with Gasteiger partial charge in [0.25, 0.3) is 0 Å². The van der Waals surface area contributed by atoms with Gasteiger partial charge in [0.05, 0.1) is 12.9 Å². The Morgan fingerprint density at radius 2 is 2.50 bits per heavy atom. The Balaban J connectivity index is 2.20. The van der Waals surface area contributed by atoms with Crippen LogP contribution in [0.2, 0.25) is 0 Å². The molecule has 2 heterocycles. The maximum Gasteiger partial charge on any atom is 0.0872 e. The minimum atomic E-state index is -0.0993. The molecule has 0 aromatic carbocycles. The third-order valence-electron chi connectivity index (χ3n) is 3.14. The first-order valence-electron chi connectivity index (χ1n) is 4.45. The van der Waals surface area contributed by atoms with Gasteiger partial charge in [-0.25, -0.2) is 4.39 Å². The minimum Gasteiger partial charge on any atom is -0.394 e. The van der Waals surface area contributed by atoms with Crippen molar-refractivity contribution in [2.24, 2.45) is 0 Å². The topological polar surface area (TPSA) is 23.5 Å². The maximum atomic E-state index is 12.2. The summed E-state index contributed by atoms with van der Waals surface area (Å²) in [4.78, 5) is 2.21. The molecule has 2 aliphatic rings. The van der Waals surface area contributed by atoms with E-state index in [0.717, 1.165) is 37.9 Å². The lowest BCUT2D eigenvalue weighted by atomic mass is 9.94. The minimum absolute atomic E-state index is 0.0993. The van der Waals surface area contributed by atoms with Gasteiger partial charge < -0.3 is 5.11 Å². The third-order valence-corrected chi connectivity index (χ3v) is 3.14. The lowest BCUT2D eigenvalue weighted by Crippen LogP contribution is -2.41. The van der Waals surface area contributed by atoms with E-state index in [1.54, 1.807) is 0 Å². The van der Waals surface area contributed by atoms with Crippen molar-refractivity contribution in [3.8, 4) is 0 Å². The zero-order valence-electron chi connectivity index (χ0n) is 7.09. The van der Waals surface area contributed by atoms with Gasteiger partial charge in [-0.05, 0) is 31.4 Å². The largest absolute Gasteiger partial charge is 0.394 e. The van der Waals surface area contributed by atoms with Crippen LogP contribution >= 0.6 is 0 Å². The fourth-order valence-corrected chi connectivity index (χ4v) is 2.47. The van der Waals surface area contributed by atoms with Gasteiger partial charge in [-0.15, -0.1) is 0 Å². The Bertz CT molecular complexity index is 217. The number of aliphatic hydroxyl groups is 1. The van der Waals surface area contributed by atoms with Gasteiger partial charge in [0.15, 0.2) is 0 Å². The number of fused-ring (bicyclic) bond motifs is 1. The van der Waals surface area contributed by atoms with Crippen molar-refractivity contribution in [2.45, 2.75) is 24.8 Å². The van der Waals surface area contributed by atoms with Crippen molar-refractivity contribution in [1.29, 1.82) is 0 Å². The van der Waals surface area contributed by atoms with Gasteiger partial charge in [0.1, 0.15) is 0 Å². The van der Waals surface area contributed by atoms with Crippen LogP contribution in [0.25, 0.3) is 0 Å². The summed E-state index contributed by atoms with van der Waals surface area (Å²) in [5.74, 6) is 0. The zero-order chi connectivity index (χ0) is 8.60. The standard InChI is InChI=1S/C9H14FNO/c10-5-8-4-9(7-12)2-1-3-11(9)6-8/h5,12H,1-4,6-7H2/b8-5+/t9-/m1/s1. The predicted molar refractivity (Wildman–Crippen MR) is 44.4 cm³/mol. The molecule has 0 unspecified atom stereocenters. The molecule has 0 amide bonds. The molecule has 0 aromatic rings. The molecule has 12 heavy (non-hydrogen) atoms. The van der Waals surface area contributed by atoms with Crippen molar-refractivity contribution < 1.29 is 9.50 Å². The monoisotopic (exact) mass is 171 g/mol. The van der Waals surface area contributed by atoms with Crippen molar-refractivity contribution in [3.05, 3.63) is 11.9 Å². The molecule has 1 N–H and O–H groups in total. The van der Waals surface area contributed by atoms with Crippen LogP contribution in [-0.2, 0) is 0 Å². The SMILES string of the molecule is OC[C@]12CCCN1C/C(=C/F)C2. The van der Waals surface area contributed by atoms with Crippen molar-refractivity contribution >= 4 is 0 Å². The van der Waals surface area contributed by atoms with E-state index < -0.39 is 0 Å². The fraction of sp³-hybridized carbons (Fsp3) is 0.778. The predicted octanol–water partition coefficient (Wildman–Crippen LogP) is 1.07. The van der Waals surface area contributed by atoms with Gasteiger partial charge in [-0.3, -0.25) is 4.90 Å². The smallest absolute Gasteiger partial charge is 0.0872 e. The van der Waals surface area contributed by atoms with E-state index in [2.05, 4.69) is 4.90 Å². The first-order chi connectivity index (χ1) is 5.80. The summed E-state index contributed by atoms with van der Waals surface area (Å²) in [6.07, 6.45) is 3.58. The number of halogens is 1. The highest BCUT2D eigenvalue weighted by Gasteiger charge is 2.45. The summed E-state index contributed by atoms with van der Waals surface area (Å²) in [6, 6.07) is 0. The molecule has 0 saturated carbocycles. The summed E-state index contributed by atoms with van der Waals surface area (Å²) in [5, 5.41) is 9.25. The van der Waals surface area contributed by atoms with Gasteiger partial charge >= 0.3 is 0 Å². The summed E-state index contributed by atoms with van der Waals surface area (Å²) >= 11 is 0. The summed E-state index contributed by atoms with van der Waals surface area (Å²) < 4.78 is 12.2. The van der Waals surface area contributed by atoms with Gasteiger partial charge in [0.2, 0.25) is 0 Å². The van der Waals surface area contributed by atoms with E-state index in [9.17, 15) is 9.50 Å². The van der Waals surface area contributed by atoms with Crippen molar-refractivity contribution in [3.63, 3.8) is 0 Å². The van der Waals surface area contributed by atoms with E-state index >= 15 is 0 Å². The summed E-state index contributed by atoms with van der Waals surface area (Å²) in [5.41, 5.74) is 0.738. The summed E-state index contributed by atoms with van der Waals surface area (Å²) in [6.45, 7) is 1.90. The number of rotatable bonds is 1. The van der Waals surface area contributed by atoms with Crippen LogP contribution in [0.1, 0.15) is 19.3 Å². The quantitative estimate of drug-likeness (QED) is 0.638. The second-order valence-corrected chi connectivity index (χ2v) is 3.85. The van der Waals surface area contributed by atoms with Crippen LogP contribution in [0.4, 0.5) is 4.39 Å². The molecule has 0 bridgehead atoms. The van der Waals surface area contributed by atoms with E-state index in [4.69, 9.17) is 0 Å². The average Bonchev–Trinajstić information content (AvgIpc) is 2.58. The molecule has 0 aromatic heterocycles. The molecule has 2 saturated heterocycles. The molecule has 2 rings (SSSR count).